The molecule has 47 heavy (non-hydrogen) atoms. The van der Waals surface area contributed by atoms with E-state index in [0.717, 1.165) is 11.1 Å². The quantitative estimate of drug-likeness (QED) is 0.150. The van der Waals surface area contributed by atoms with Gasteiger partial charge < -0.3 is 29.7 Å². The van der Waals surface area contributed by atoms with Crippen molar-refractivity contribution in [2.75, 3.05) is 19.6 Å². The fraction of sp³-hybridized carbons (Fsp3) is 0.312. The van der Waals surface area contributed by atoms with Crippen molar-refractivity contribution in [2.45, 2.75) is 45.4 Å². The van der Waals surface area contributed by atoms with Crippen molar-refractivity contribution < 1.29 is 46.1 Å². The number of hydrogen-bond donors (Lipinski definition) is 3. The van der Waals surface area contributed by atoms with Gasteiger partial charge in [0.1, 0.15) is 5.60 Å². The lowest BCUT2D eigenvalue weighted by Crippen LogP contribution is -2.41. The highest BCUT2D eigenvalue weighted by molar-refractivity contribution is 5.93. The molecule has 3 amide bonds. The minimum absolute atomic E-state index is 0.00833. The lowest BCUT2D eigenvalue weighted by Gasteiger charge is -2.19. The molecule has 2 heterocycles. The SMILES string of the molecule is CC(C)(C)OC(=O)CCCNC(=O)c1cc(-c2ccccc2)on1.O=C(NCCNC(=O)C(F)(F)F)c1cc(-c2ccccc2)on1. The number of esters is 1. The minimum atomic E-state index is -4.94. The molecule has 0 saturated heterocycles. The van der Waals surface area contributed by atoms with Gasteiger partial charge in [0.25, 0.3) is 11.8 Å². The van der Waals surface area contributed by atoms with Crippen molar-refractivity contribution in [1.82, 2.24) is 26.3 Å². The number of carbonyl (C=O) groups is 4. The Morgan fingerprint density at radius 3 is 1.60 bits per heavy atom. The molecule has 0 unspecified atom stereocenters. The number of carbonyl (C=O) groups excluding carboxylic acids is 4. The number of alkyl halides is 3. The summed E-state index contributed by atoms with van der Waals surface area (Å²) >= 11 is 0. The Bertz CT molecular complexity index is 1610. The lowest BCUT2D eigenvalue weighted by atomic mass is 10.1. The second-order valence-corrected chi connectivity index (χ2v) is 10.8. The van der Waals surface area contributed by atoms with Crippen molar-refractivity contribution in [3.05, 3.63) is 84.2 Å². The van der Waals surface area contributed by atoms with Crippen LogP contribution in [-0.2, 0) is 14.3 Å². The van der Waals surface area contributed by atoms with Crippen LogP contribution in [0.5, 0.6) is 0 Å². The molecule has 0 aliphatic heterocycles. The maximum atomic E-state index is 12.0. The molecule has 0 bridgehead atoms. The van der Waals surface area contributed by atoms with E-state index in [1.807, 2.05) is 57.2 Å². The Balaban J connectivity index is 0.000000256. The first-order valence-electron chi connectivity index (χ1n) is 14.4. The summed E-state index contributed by atoms with van der Waals surface area (Å²) < 4.78 is 51.2. The van der Waals surface area contributed by atoms with E-state index >= 15 is 0 Å². The molecule has 0 aliphatic carbocycles. The summed E-state index contributed by atoms with van der Waals surface area (Å²) in [7, 11) is 0. The van der Waals surface area contributed by atoms with Gasteiger partial charge in [-0.1, -0.05) is 71.0 Å². The van der Waals surface area contributed by atoms with Crippen LogP contribution >= 0.6 is 0 Å². The number of amides is 3. The summed E-state index contributed by atoms with van der Waals surface area (Å²) in [6, 6.07) is 21.4. The van der Waals surface area contributed by atoms with Crippen molar-refractivity contribution in [3.63, 3.8) is 0 Å². The molecular weight excluding hydrogens is 623 g/mol. The Morgan fingerprint density at radius 1 is 0.702 bits per heavy atom. The lowest BCUT2D eigenvalue weighted by molar-refractivity contribution is -0.173. The van der Waals surface area contributed by atoms with Crippen LogP contribution in [-0.4, -0.2) is 65.4 Å². The fourth-order valence-electron chi connectivity index (χ4n) is 3.70. The average molecular weight is 658 g/mol. The molecule has 0 fully saturated rings. The van der Waals surface area contributed by atoms with Gasteiger partial charge in [-0.25, -0.2) is 0 Å². The fourth-order valence-corrected chi connectivity index (χ4v) is 3.70. The summed E-state index contributed by atoms with van der Waals surface area (Å²) in [5, 5.41) is 14.0. The van der Waals surface area contributed by atoms with Gasteiger partial charge in [-0.05, 0) is 27.2 Å². The number of halogens is 3. The molecule has 0 atom stereocenters. The molecule has 4 rings (SSSR count). The van der Waals surface area contributed by atoms with Gasteiger partial charge >= 0.3 is 18.1 Å². The topological polar surface area (TPSA) is 166 Å². The molecule has 0 aliphatic rings. The summed E-state index contributed by atoms with van der Waals surface area (Å²) in [6.45, 7) is 5.30. The number of benzene rings is 2. The highest BCUT2D eigenvalue weighted by Crippen LogP contribution is 2.21. The second-order valence-electron chi connectivity index (χ2n) is 10.8. The van der Waals surface area contributed by atoms with Crippen molar-refractivity contribution in [2.24, 2.45) is 0 Å². The largest absolute Gasteiger partial charge is 0.471 e. The number of aromatic nitrogens is 2. The van der Waals surface area contributed by atoms with E-state index in [2.05, 4.69) is 20.9 Å². The molecule has 15 heteroatoms. The van der Waals surface area contributed by atoms with Crippen molar-refractivity contribution in [1.29, 1.82) is 0 Å². The van der Waals surface area contributed by atoms with E-state index in [-0.39, 0.29) is 42.8 Å². The first kappa shape index (κ1) is 36.0. The highest BCUT2D eigenvalue weighted by Gasteiger charge is 2.38. The molecule has 0 radical (unpaired) electrons. The molecule has 250 valence electrons. The van der Waals surface area contributed by atoms with E-state index < -0.39 is 23.6 Å². The van der Waals surface area contributed by atoms with Gasteiger partial charge in [0.2, 0.25) is 0 Å². The molecule has 3 N–H and O–H groups in total. The molecule has 0 spiro atoms. The Hall–Kier alpha value is -5.47. The zero-order chi connectivity index (χ0) is 34.5. The van der Waals surface area contributed by atoms with Crippen LogP contribution in [0.3, 0.4) is 0 Å². The minimum Gasteiger partial charge on any atom is -0.460 e. The molecule has 12 nitrogen and oxygen atoms in total. The Labute approximate surface area is 268 Å². The van der Waals surface area contributed by atoms with Crippen LogP contribution in [0.2, 0.25) is 0 Å². The molecule has 2 aromatic heterocycles. The smallest absolute Gasteiger partial charge is 0.460 e. The second kappa shape index (κ2) is 16.7. The monoisotopic (exact) mass is 657 g/mol. The van der Waals surface area contributed by atoms with E-state index in [9.17, 15) is 32.3 Å². The van der Waals surface area contributed by atoms with Crippen LogP contribution < -0.4 is 16.0 Å². The molecule has 2 aromatic carbocycles. The molecule has 0 saturated carbocycles. The van der Waals surface area contributed by atoms with Gasteiger partial charge in [0.15, 0.2) is 22.9 Å². The third-order valence-electron chi connectivity index (χ3n) is 5.82. The molecular formula is C32H34F3N5O7. The van der Waals surface area contributed by atoms with Gasteiger partial charge in [-0.2, -0.15) is 13.2 Å². The van der Waals surface area contributed by atoms with Crippen LogP contribution in [0, 0.1) is 0 Å². The number of nitrogens with one attached hydrogen (secondary N) is 3. The van der Waals surface area contributed by atoms with E-state index in [4.69, 9.17) is 13.8 Å². The average Bonchev–Trinajstić information content (AvgIpc) is 3.72. The summed E-state index contributed by atoms with van der Waals surface area (Å²) in [5.74, 6) is -2.35. The van der Waals surface area contributed by atoms with Crippen LogP contribution in [0.1, 0.15) is 54.6 Å². The van der Waals surface area contributed by atoms with E-state index in [1.165, 1.54) is 6.07 Å². The standard InChI is InChI=1S/C18H22N2O4.C14H12F3N3O3/c1-18(2,3)23-16(21)10-7-11-19-17(22)14-12-15(24-20-14)13-8-5-4-6-9-13;15-14(16,17)13(22)19-7-6-18-12(21)10-8-11(23-20-10)9-4-2-1-3-5-9/h4-6,8-9,12H,7,10-11H2,1-3H3,(H,19,22);1-5,8H,6-7H2,(H,18,21)(H,19,22). The van der Waals surface area contributed by atoms with Crippen LogP contribution in [0.4, 0.5) is 13.2 Å². The maximum absolute atomic E-state index is 12.0. The summed E-state index contributed by atoms with van der Waals surface area (Å²) in [5.41, 5.74) is 1.30. The van der Waals surface area contributed by atoms with Crippen molar-refractivity contribution >= 4 is 23.7 Å². The van der Waals surface area contributed by atoms with Gasteiger partial charge in [0.05, 0.1) is 0 Å². The number of hydrogen-bond acceptors (Lipinski definition) is 9. The van der Waals surface area contributed by atoms with Crippen molar-refractivity contribution in [3.8, 4) is 22.6 Å². The van der Waals surface area contributed by atoms with Gasteiger partial charge in [0, 0.05) is 49.3 Å². The number of ether oxygens (including phenoxy) is 1. The van der Waals surface area contributed by atoms with E-state index in [1.54, 1.807) is 35.6 Å². The maximum Gasteiger partial charge on any atom is 0.471 e. The molecule has 4 aromatic rings. The zero-order valence-corrected chi connectivity index (χ0v) is 25.8. The van der Waals surface area contributed by atoms with Crippen LogP contribution in [0.15, 0.2) is 81.8 Å². The van der Waals surface area contributed by atoms with Gasteiger partial charge in [-0.3, -0.25) is 19.2 Å². The predicted molar refractivity (Wildman–Crippen MR) is 163 cm³/mol. The van der Waals surface area contributed by atoms with Gasteiger partial charge in [-0.15, -0.1) is 0 Å². The summed E-state index contributed by atoms with van der Waals surface area (Å²) in [4.78, 5) is 45.9. The first-order chi connectivity index (χ1) is 22.2. The normalized spacial score (nSPS) is 11.1. The van der Waals surface area contributed by atoms with E-state index in [0.29, 0.717) is 24.5 Å². The summed E-state index contributed by atoms with van der Waals surface area (Å²) in [6.07, 6.45) is -4.18. The number of rotatable bonds is 11. The third-order valence-corrected chi connectivity index (χ3v) is 5.82. The Kier molecular flexibility index (Phi) is 12.8. The van der Waals surface area contributed by atoms with Crippen LogP contribution in [0.25, 0.3) is 22.6 Å². The first-order valence-corrected chi connectivity index (χ1v) is 14.4. The third kappa shape index (κ3) is 12.4. The zero-order valence-electron chi connectivity index (χ0n) is 25.8. The number of nitrogens with zero attached hydrogens (tertiary/aromatic N) is 2. The predicted octanol–water partition coefficient (Wildman–Crippen LogP) is 4.94. The highest BCUT2D eigenvalue weighted by atomic mass is 19.4. The Morgan fingerprint density at radius 2 is 1.15 bits per heavy atom.